The topological polar surface area (TPSA) is 142 Å². The van der Waals surface area contributed by atoms with E-state index in [0.717, 1.165) is 11.1 Å². The third-order valence-corrected chi connectivity index (χ3v) is 5.12. The highest BCUT2D eigenvalue weighted by molar-refractivity contribution is 5.93. The molecule has 1 aliphatic rings. The zero-order valence-electron chi connectivity index (χ0n) is 18.8. The van der Waals surface area contributed by atoms with E-state index in [2.05, 4.69) is 20.4 Å². The molecule has 2 aromatic rings. The molecule has 0 aliphatic heterocycles. The largest absolute Gasteiger partial charge is 0.453 e. The number of methoxy groups -OCH3 is 1. The van der Waals surface area contributed by atoms with Crippen molar-refractivity contribution in [3.8, 4) is 0 Å². The van der Waals surface area contributed by atoms with Crippen LogP contribution in [0.5, 0.6) is 0 Å². The maximum atomic E-state index is 12.2. The standard InChI is InChI=1S/C24H29N5O4/c1-15-3-6-19(28-23(30)14-33-13-16-4-5-16)11-20(15)21(26)9-18(12-25)17-7-8-27-22(10-17)29-24(31)32-2/h3,6-12,16H,4-5,13-14,25-26H2,1-2H3,(H,28,30)(H,27,29,31)/b18-12+,21-9-. The first kappa shape index (κ1) is 23.8. The minimum absolute atomic E-state index is 0.0229. The number of allylic oxidation sites excluding steroid dienone is 2. The molecule has 33 heavy (non-hydrogen) atoms. The minimum Gasteiger partial charge on any atom is -0.453 e. The van der Waals surface area contributed by atoms with Crippen LogP contribution in [0.15, 0.2) is 48.8 Å². The van der Waals surface area contributed by atoms with Crippen LogP contribution in [0.2, 0.25) is 0 Å². The number of benzene rings is 1. The van der Waals surface area contributed by atoms with Gasteiger partial charge in [-0.3, -0.25) is 10.1 Å². The lowest BCUT2D eigenvalue weighted by Crippen LogP contribution is -2.19. The van der Waals surface area contributed by atoms with Crippen LogP contribution in [0.3, 0.4) is 0 Å². The molecule has 0 unspecified atom stereocenters. The summed E-state index contributed by atoms with van der Waals surface area (Å²) in [7, 11) is 1.27. The van der Waals surface area contributed by atoms with E-state index in [4.69, 9.17) is 16.2 Å². The van der Waals surface area contributed by atoms with Crippen LogP contribution in [0.4, 0.5) is 16.3 Å². The zero-order chi connectivity index (χ0) is 23.8. The molecule has 0 atom stereocenters. The number of hydrogen-bond acceptors (Lipinski definition) is 7. The summed E-state index contributed by atoms with van der Waals surface area (Å²) in [6.07, 6.45) is 6.42. The number of nitrogens with zero attached hydrogens (tertiary/aromatic N) is 1. The second kappa shape index (κ2) is 11.1. The van der Waals surface area contributed by atoms with Gasteiger partial charge in [-0.15, -0.1) is 0 Å². The Bertz CT molecular complexity index is 1080. The van der Waals surface area contributed by atoms with Crippen molar-refractivity contribution in [1.82, 2.24) is 4.98 Å². The van der Waals surface area contributed by atoms with Crippen LogP contribution in [0.25, 0.3) is 11.3 Å². The lowest BCUT2D eigenvalue weighted by Gasteiger charge is -2.12. The Hall–Kier alpha value is -3.85. The predicted molar refractivity (Wildman–Crippen MR) is 128 cm³/mol. The third kappa shape index (κ3) is 7.08. The van der Waals surface area contributed by atoms with Gasteiger partial charge in [0.15, 0.2) is 0 Å². The summed E-state index contributed by atoms with van der Waals surface area (Å²) in [4.78, 5) is 27.7. The molecule has 2 amide bonds. The Morgan fingerprint density at radius 3 is 2.70 bits per heavy atom. The van der Waals surface area contributed by atoms with Gasteiger partial charge in [0, 0.05) is 29.3 Å². The van der Waals surface area contributed by atoms with Crippen LogP contribution < -0.4 is 22.1 Å². The number of nitrogens with two attached hydrogens (primary N) is 2. The molecule has 0 bridgehead atoms. The zero-order valence-corrected chi connectivity index (χ0v) is 18.8. The Labute approximate surface area is 192 Å². The van der Waals surface area contributed by atoms with Crippen LogP contribution in [0, 0.1) is 12.8 Å². The number of hydrogen-bond donors (Lipinski definition) is 4. The number of amides is 2. The van der Waals surface area contributed by atoms with Crippen LogP contribution >= 0.6 is 0 Å². The summed E-state index contributed by atoms with van der Waals surface area (Å²) in [5, 5.41) is 5.35. The van der Waals surface area contributed by atoms with E-state index in [1.165, 1.54) is 26.2 Å². The molecule has 9 heteroatoms. The molecule has 9 nitrogen and oxygen atoms in total. The summed E-state index contributed by atoms with van der Waals surface area (Å²) in [6.45, 7) is 2.58. The molecule has 1 aromatic heterocycles. The molecule has 0 spiro atoms. The SMILES string of the molecule is COC(=O)Nc1cc(C(/C=C(\N)c2cc(NC(=O)COCC3CC3)ccc2C)=C/N)ccn1. The van der Waals surface area contributed by atoms with E-state index in [1.54, 1.807) is 24.4 Å². The van der Waals surface area contributed by atoms with Gasteiger partial charge >= 0.3 is 6.09 Å². The highest BCUT2D eigenvalue weighted by atomic mass is 16.5. The van der Waals surface area contributed by atoms with Crippen molar-refractivity contribution in [2.45, 2.75) is 19.8 Å². The van der Waals surface area contributed by atoms with Crippen LogP contribution in [0.1, 0.15) is 29.5 Å². The second-order valence-electron chi connectivity index (χ2n) is 7.80. The number of nitrogens with one attached hydrogen (secondary N) is 2. The summed E-state index contributed by atoms with van der Waals surface area (Å²) in [5.74, 6) is 0.708. The summed E-state index contributed by atoms with van der Waals surface area (Å²) >= 11 is 0. The molecular weight excluding hydrogens is 422 g/mol. The number of rotatable bonds is 9. The molecule has 6 N–H and O–H groups in total. The molecule has 1 fully saturated rings. The Kier molecular flexibility index (Phi) is 8.04. The van der Waals surface area contributed by atoms with Crippen molar-refractivity contribution in [3.05, 3.63) is 65.5 Å². The number of aromatic nitrogens is 1. The summed E-state index contributed by atoms with van der Waals surface area (Å²) < 4.78 is 10.0. The fraction of sp³-hybridized carbons (Fsp3) is 0.292. The van der Waals surface area contributed by atoms with E-state index >= 15 is 0 Å². The Morgan fingerprint density at radius 1 is 1.21 bits per heavy atom. The number of ether oxygens (including phenoxy) is 2. The highest BCUT2D eigenvalue weighted by Crippen LogP contribution is 2.29. The number of carbonyl (C=O) groups is 2. The molecule has 0 radical (unpaired) electrons. The lowest BCUT2D eigenvalue weighted by molar-refractivity contribution is -0.120. The van der Waals surface area contributed by atoms with Crippen molar-refractivity contribution in [1.29, 1.82) is 0 Å². The van der Waals surface area contributed by atoms with E-state index in [-0.39, 0.29) is 12.5 Å². The summed E-state index contributed by atoms with van der Waals surface area (Å²) in [5.41, 5.74) is 16.4. The number of pyridine rings is 1. The fourth-order valence-electron chi connectivity index (χ4n) is 3.12. The van der Waals surface area contributed by atoms with Gasteiger partial charge in [0.25, 0.3) is 0 Å². The van der Waals surface area contributed by atoms with Gasteiger partial charge in [0.2, 0.25) is 5.91 Å². The average Bonchev–Trinajstić information content (AvgIpc) is 3.63. The number of carbonyl (C=O) groups excluding carboxylic acids is 2. The highest BCUT2D eigenvalue weighted by Gasteiger charge is 2.21. The monoisotopic (exact) mass is 451 g/mol. The van der Waals surface area contributed by atoms with Gasteiger partial charge in [0.05, 0.1) is 13.7 Å². The predicted octanol–water partition coefficient (Wildman–Crippen LogP) is 3.23. The lowest BCUT2D eigenvalue weighted by atomic mass is 10.0. The molecular formula is C24H29N5O4. The van der Waals surface area contributed by atoms with Crippen molar-refractivity contribution >= 4 is 34.8 Å². The normalized spacial score (nSPS) is 14.0. The summed E-state index contributed by atoms with van der Waals surface area (Å²) in [6, 6.07) is 8.91. The first-order valence-electron chi connectivity index (χ1n) is 10.6. The molecule has 1 aliphatic carbocycles. The van der Waals surface area contributed by atoms with Crippen molar-refractivity contribution in [2.75, 3.05) is 31.0 Å². The number of anilines is 2. The molecule has 1 heterocycles. The van der Waals surface area contributed by atoms with Crippen molar-refractivity contribution < 1.29 is 19.1 Å². The van der Waals surface area contributed by atoms with Crippen molar-refractivity contribution in [3.63, 3.8) is 0 Å². The van der Waals surface area contributed by atoms with Gasteiger partial charge in [-0.1, -0.05) is 6.07 Å². The quantitative estimate of drug-likeness (QED) is 0.429. The average molecular weight is 452 g/mol. The molecule has 0 saturated heterocycles. The van der Waals surface area contributed by atoms with Gasteiger partial charge in [0.1, 0.15) is 12.4 Å². The Balaban J connectivity index is 1.74. The van der Waals surface area contributed by atoms with Gasteiger partial charge < -0.3 is 26.3 Å². The first-order chi connectivity index (χ1) is 15.9. The van der Waals surface area contributed by atoms with Gasteiger partial charge in [-0.2, -0.15) is 0 Å². The minimum atomic E-state index is -0.625. The molecule has 1 saturated carbocycles. The van der Waals surface area contributed by atoms with E-state index in [9.17, 15) is 9.59 Å². The smallest absolute Gasteiger partial charge is 0.412 e. The van der Waals surface area contributed by atoms with Gasteiger partial charge in [-0.05, 0) is 72.7 Å². The van der Waals surface area contributed by atoms with Crippen LogP contribution in [-0.2, 0) is 14.3 Å². The first-order valence-corrected chi connectivity index (χ1v) is 10.6. The second-order valence-corrected chi connectivity index (χ2v) is 7.80. The molecule has 1 aromatic carbocycles. The van der Waals surface area contributed by atoms with E-state index in [1.807, 2.05) is 25.1 Å². The molecule has 3 rings (SSSR count). The van der Waals surface area contributed by atoms with E-state index in [0.29, 0.717) is 40.9 Å². The Morgan fingerprint density at radius 2 is 2.00 bits per heavy atom. The fourth-order valence-corrected chi connectivity index (χ4v) is 3.12. The van der Waals surface area contributed by atoms with Crippen molar-refractivity contribution in [2.24, 2.45) is 17.4 Å². The third-order valence-electron chi connectivity index (χ3n) is 5.12. The van der Waals surface area contributed by atoms with Crippen LogP contribution in [-0.4, -0.2) is 37.3 Å². The van der Waals surface area contributed by atoms with Gasteiger partial charge in [-0.25, -0.2) is 9.78 Å². The maximum Gasteiger partial charge on any atom is 0.412 e. The number of aryl methyl sites for hydroxylation is 1. The maximum absolute atomic E-state index is 12.2. The van der Waals surface area contributed by atoms with E-state index < -0.39 is 6.09 Å². The molecule has 174 valence electrons.